The Balaban J connectivity index is 2.10. The highest BCUT2D eigenvalue weighted by atomic mass is 19.1. The standard InChI is InChI=1S/C14H21FN2/c1-11-4-5-13(10-14(11)15)17-8-3-7-16-12(2)6-9-17/h4-5,10,12,16H,3,6-9H2,1-2H3. The molecule has 1 aromatic rings. The summed E-state index contributed by atoms with van der Waals surface area (Å²) in [6.07, 6.45) is 2.22. The number of aryl methyl sites for hydroxylation is 1. The number of benzene rings is 1. The molecule has 0 bridgehead atoms. The summed E-state index contributed by atoms with van der Waals surface area (Å²) in [7, 11) is 0. The van der Waals surface area contributed by atoms with Crippen LogP contribution in [0, 0.1) is 12.7 Å². The lowest BCUT2D eigenvalue weighted by Gasteiger charge is -2.29. The van der Waals surface area contributed by atoms with Crippen LogP contribution in [0.1, 0.15) is 25.3 Å². The van der Waals surface area contributed by atoms with Crippen LogP contribution >= 0.6 is 0 Å². The molecule has 1 fully saturated rings. The van der Waals surface area contributed by atoms with Crippen LogP contribution < -0.4 is 10.2 Å². The second-order valence-electron chi connectivity index (χ2n) is 4.92. The second kappa shape index (κ2) is 5.50. The van der Waals surface area contributed by atoms with Crippen LogP contribution in [-0.4, -0.2) is 25.7 Å². The Morgan fingerprint density at radius 1 is 1.35 bits per heavy atom. The quantitative estimate of drug-likeness (QED) is 0.806. The number of halogens is 1. The molecule has 1 aromatic carbocycles. The zero-order valence-electron chi connectivity index (χ0n) is 10.7. The van der Waals surface area contributed by atoms with Gasteiger partial charge in [-0.15, -0.1) is 0 Å². The third kappa shape index (κ3) is 3.19. The van der Waals surface area contributed by atoms with Crippen molar-refractivity contribution < 1.29 is 4.39 Å². The van der Waals surface area contributed by atoms with Gasteiger partial charge in [-0.25, -0.2) is 4.39 Å². The molecule has 0 spiro atoms. The van der Waals surface area contributed by atoms with Crippen molar-refractivity contribution in [2.45, 2.75) is 32.7 Å². The number of hydrogen-bond acceptors (Lipinski definition) is 2. The van der Waals surface area contributed by atoms with Crippen molar-refractivity contribution in [2.24, 2.45) is 0 Å². The van der Waals surface area contributed by atoms with E-state index in [2.05, 4.69) is 17.1 Å². The van der Waals surface area contributed by atoms with Crippen molar-refractivity contribution in [3.63, 3.8) is 0 Å². The van der Waals surface area contributed by atoms with E-state index < -0.39 is 0 Å². The van der Waals surface area contributed by atoms with Gasteiger partial charge < -0.3 is 10.2 Å². The molecule has 0 aliphatic carbocycles. The van der Waals surface area contributed by atoms with Crippen molar-refractivity contribution >= 4 is 5.69 Å². The summed E-state index contributed by atoms with van der Waals surface area (Å²) in [5, 5.41) is 3.48. The van der Waals surface area contributed by atoms with Gasteiger partial charge in [0.2, 0.25) is 0 Å². The zero-order valence-corrected chi connectivity index (χ0v) is 10.7. The van der Waals surface area contributed by atoms with E-state index in [4.69, 9.17) is 0 Å². The summed E-state index contributed by atoms with van der Waals surface area (Å²) in [5.74, 6) is -0.101. The predicted molar refractivity (Wildman–Crippen MR) is 70.0 cm³/mol. The fraction of sp³-hybridized carbons (Fsp3) is 0.571. The third-order valence-corrected chi connectivity index (χ3v) is 3.45. The molecule has 2 rings (SSSR count). The molecule has 0 aromatic heterocycles. The van der Waals surface area contributed by atoms with Crippen LogP contribution in [-0.2, 0) is 0 Å². The Kier molecular flexibility index (Phi) is 4.00. The molecule has 3 heteroatoms. The molecule has 0 radical (unpaired) electrons. The molecule has 1 heterocycles. The first-order valence-corrected chi connectivity index (χ1v) is 6.41. The monoisotopic (exact) mass is 236 g/mol. The van der Waals surface area contributed by atoms with Crippen molar-refractivity contribution in [3.05, 3.63) is 29.6 Å². The Morgan fingerprint density at radius 2 is 2.18 bits per heavy atom. The van der Waals surface area contributed by atoms with E-state index in [1.165, 1.54) is 0 Å². The Bertz CT molecular complexity index is 378. The number of anilines is 1. The van der Waals surface area contributed by atoms with Gasteiger partial charge in [0.25, 0.3) is 0 Å². The number of nitrogens with one attached hydrogen (secondary N) is 1. The summed E-state index contributed by atoms with van der Waals surface area (Å²) in [4.78, 5) is 2.29. The van der Waals surface area contributed by atoms with Crippen LogP contribution in [0.25, 0.3) is 0 Å². The molecular weight excluding hydrogens is 215 g/mol. The van der Waals surface area contributed by atoms with Gasteiger partial charge in [0.1, 0.15) is 5.82 Å². The van der Waals surface area contributed by atoms with Gasteiger partial charge in [-0.3, -0.25) is 0 Å². The van der Waals surface area contributed by atoms with E-state index >= 15 is 0 Å². The van der Waals surface area contributed by atoms with Gasteiger partial charge in [0.05, 0.1) is 0 Å². The number of hydrogen-bond donors (Lipinski definition) is 1. The molecule has 94 valence electrons. The molecule has 0 saturated carbocycles. The maximum Gasteiger partial charge on any atom is 0.128 e. The van der Waals surface area contributed by atoms with Gasteiger partial charge in [0.15, 0.2) is 0 Å². The fourth-order valence-electron chi connectivity index (χ4n) is 2.22. The SMILES string of the molecule is Cc1ccc(N2CCCNC(C)CC2)cc1F. The predicted octanol–water partition coefficient (Wildman–Crippen LogP) is 2.71. The largest absolute Gasteiger partial charge is 0.371 e. The van der Waals surface area contributed by atoms with Crippen LogP contribution in [0.5, 0.6) is 0 Å². The molecular formula is C14H21FN2. The molecule has 1 aliphatic heterocycles. The topological polar surface area (TPSA) is 15.3 Å². The first kappa shape index (κ1) is 12.4. The highest BCUT2D eigenvalue weighted by Crippen LogP contribution is 2.19. The molecule has 1 N–H and O–H groups in total. The normalized spacial score (nSPS) is 22.1. The second-order valence-corrected chi connectivity index (χ2v) is 4.92. The van der Waals surface area contributed by atoms with E-state index in [9.17, 15) is 4.39 Å². The summed E-state index contributed by atoms with van der Waals surface area (Å²) in [5.41, 5.74) is 1.73. The van der Waals surface area contributed by atoms with E-state index in [0.29, 0.717) is 6.04 Å². The van der Waals surface area contributed by atoms with Gasteiger partial charge in [-0.1, -0.05) is 6.07 Å². The average Bonchev–Trinajstić information content (AvgIpc) is 2.28. The minimum Gasteiger partial charge on any atom is -0.371 e. The lowest BCUT2D eigenvalue weighted by atomic mass is 10.1. The highest BCUT2D eigenvalue weighted by molar-refractivity contribution is 5.48. The van der Waals surface area contributed by atoms with Crippen LogP contribution in [0.2, 0.25) is 0 Å². The summed E-state index contributed by atoms with van der Waals surface area (Å²) >= 11 is 0. The fourth-order valence-corrected chi connectivity index (χ4v) is 2.22. The molecule has 0 amide bonds. The third-order valence-electron chi connectivity index (χ3n) is 3.45. The van der Waals surface area contributed by atoms with E-state index in [1.807, 2.05) is 12.1 Å². The first-order valence-electron chi connectivity index (χ1n) is 6.41. The van der Waals surface area contributed by atoms with Crippen LogP contribution in [0.3, 0.4) is 0 Å². The van der Waals surface area contributed by atoms with Gasteiger partial charge in [-0.05, 0) is 50.9 Å². The average molecular weight is 236 g/mol. The van der Waals surface area contributed by atoms with Gasteiger partial charge in [-0.2, -0.15) is 0 Å². The van der Waals surface area contributed by atoms with Gasteiger partial charge in [0, 0.05) is 24.8 Å². The number of rotatable bonds is 1. The molecule has 1 saturated heterocycles. The lowest BCUT2D eigenvalue weighted by molar-refractivity contribution is 0.474. The summed E-state index contributed by atoms with van der Waals surface area (Å²) in [6.45, 7) is 7.06. The molecule has 2 nitrogen and oxygen atoms in total. The van der Waals surface area contributed by atoms with Crippen molar-refractivity contribution in [1.29, 1.82) is 0 Å². The van der Waals surface area contributed by atoms with E-state index in [-0.39, 0.29) is 5.82 Å². The Hall–Kier alpha value is -1.09. The van der Waals surface area contributed by atoms with Crippen LogP contribution in [0.4, 0.5) is 10.1 Å². The van der Waals surface area contributed by atoms with Crippen LogP contribution in [0.15, 0.2) is 18.2 Å². The maximum absolute atomic E-state index is 13.6. The minimum atomic E-state index is -0.101. The number of nitrogens with zero attached hydrogens (tertiary/aromatic N) is 1. The first-order chi connectivity index (χ1) is 8.16. The summed E-state index contributed by atoms with van der Waals surface area (Å²) in [6, 6.07) is 6.10. The summed E-state index contributed by atoms with van der Waals surface area (Å²) < 4.78 is 13.6. The smallest absolute Gasteiger partial charge is 0.128 e. The van der Waals surface area contributed by atoms with Crippen molar-refractivity contribution in [3.8, 4) is 0 Å². The molecule has 1 unspecified atom stereocenters. The zero-order chi connectivity index (χ0) is 12.3. The van der Waals surface area contributed by atoms with Crippen molar-refractivity contribution in [1.82, 2.24) is 5.32 Å². The minimum absolute atomic E-state index is 0.101. The Labute approximate surface area is 103 Å². The molecule has 1 atom stereocenters. The highest BCUT2D eigenvalue weighted by Gasteiger charge is 2.13. The lowest BCUT2D eigenvalue weighted by Crippen LogP contribution is -2.38. The van der Waals surface area contributed by atoms with E-state index in [1.54, 1.807) is 13.0 Å². The van der Waals surface area contributed by atoms with Crippen molar-refractivity contribution in [2.75, 3.05) is 24.5 Å². The Morgan fingerprint density at radius 3 is 2.94 bits per heavy atom. The van der Waals surface area contributed by atoms with Gasteiger partial charge >= 0.3 is 0 Å². The molecule has 17 heavy (non-hydrogen) atoms. The molecule has 1 aliphatic rings. The van der Waals surface area contributed by atoms with E-state index in [0.717, 1.165) is 43.7 Å². The maximum atomic E-state index is 13.6.